The molecule has 0 unspecified atom stereocenters. The van der Waals surface area contributed by atoms with Gasteiger partial charge in [0.2, 0.25) is 0 Å². The molecule has 0 saturated heterocycles. The van der Waals surface area contributed by atoms with E-state index in [9.17, 15) is 4.79 Å². The molecule has 6 heteroatoms. The van der Waals surface area contributed by atoms with Gasteiger partial charge in [0.1, 0.15) is 0 Å². The van der Waals surface area contributed by atoms with Crippen LogP contribution in [-0.2, 0) is 19.6 Å². The molecule has 0 aliphatic carbocycles. The number of benzene rings is 1. The first-order valence-corrected chi connectivity index (χ1v) is 8.88. The molecule has 0 bridgehead atoms. The SMILES string of the molecule is Cc1ccoc1C(=O)N1CCCn2nc(CNc3ccccc3)cc2C1. The third kappa shape index (κ3) is 3.35. The molecule has 26 heavy (non-hydrogen) atoms. The van der Waals surface area contributed by atoms with Crippen LogP contribution in [0.1, 0.15) is 33.9 Å². The molecule has 0 saturated carbocycles. The number of aromatic nitrogens is 2. The molecule has 6 nitrogen and oxygen atoms in total. The van der Waals surface area contributed by atoms with E-state index in [2.05, 4.69) is 11.4 Å². The lowest BCUT2D eigenvalue weighted by Gasteiger charge is -2.19. The van der Waals surface area contributed by atoms with Crippen LogP contribution in [0.3, 0.4) is 0 Å². The lowest BCUT2D eigenvalue weighted by atomic mass is 10.2. The van der Waals surface area contributed by atoms with Crippen LogP contribution < -0.4 is 5.32 Å². The van der Waals surface area contributed by atoms with Crippen molar-refractivity contribution in [2.24, 2.45) is 0 Å². The fourth-order valence-corrected chi connectivity index (χ4v) is 3.27. The summed E-state index contributed by atoms with van der Waals surface area (Å²) in [7, 11) is 0. The van der Waals surface area contributed by atoms with Crippen molar-refractivity contribution >= 4 is 11.6 Å². The molecule has 0 spiro atoms. The molecule has 4 rings (SSSR count). The Hall–Kier alpha value is -3.02. The molecule has 1 N–H and O–H groups in total. The number of furan rings is 1. The number of rotatable bonds is 4. The van der Waals surface area contributed by atoms with Crippen molar-refractivity contribution in [1.82, 2.24) is 14.7 Å². The maximum atomic E-state index is 12.8. The topological polar surface area (TPSA) is 63.3 Å². The molecule has 3 heterocycles. The largest absolute Gasteiger partial charge is 0.459 e. The zero-order valence-corrected chi connectivity index (χ0v) is 14.8. The van der Waals surface area contributed by atoms with Crippen LogP contribution in [0.25, 0.3) is 0 Å². The first-order chi connectivity index (χ1) is 12.7. The summed E-state index contributed by atoms with van der Waals surface area (Å²) in [4.78, 5) is 14.6. The van der Waals surface area contributed by atoms with E-state index >= 15 is 0 Å². The molecule has 2 aromatic heterocycles. The average molecular weight is 350 g/mol. The van der Waals surface area contributed by atoms with E-state index in [0.717, 1.165) is 35.6 Å². The zero-order valence-electron chi connectivity index (χ0n) is 14.8. The second-order valence-electron chi connectivity index (χ2n) is 6.58. The molecule has 1 aliphatic heterocycles. The second-order valence-corrected chi connectivity index (χ2v) is 6.58. The number of nitrogens with zero attached hydrogens (tertiary/aromatic N) is 3. The van der Waals surface area contributed by atoms with E-state index in [1.165, 1.54) is 0 Å². The summed E-state index contributed by atoms with van der Waals surface area (Å²) in [6, 6.07) is 14.0. The Labute approximate surface area is 152 Å². The fourth-order valence-electron chi connectivity index (χ4n) is 3.27. The summed E-state index contributed by atoms with van der Waals surface area (Å²) in [5.74, 6) is 0.384. The van der Waals surface area contributed by atoms with Gasteiger partial charge in [-0.15, -0.1) is 0 Å². The van der Waals surface area contributed by atoms with Crippen molar-refractivity contribution in [3.8, 4) is 0 Å². The van der Waals surface area contributed by atoms with Gasteiger partial charge in [-0.25, -0.2) is 0 Å². The number of amides is 1. The normalized spacial score (nSPS) is 14.0. The van der Waals surface area contributed by atoms with Crippen molar-refractivity contribution < 1.29 is 9.21 Å². The molecule has 1 aromatic carbocycles. The monoisotopic (exact) mass is 350 g/mol. The Morgan fingerprint density at radius 3 is 2.85 bits per heavy atom. The number of carbonyl (C=O) groups excluding carboxylic acids is 1. The number of hydrogen-bond donors (Lipinski definition) is 1. The molecule has 3 aromatic rings. The number of para-hydroxylation sites is 1. The highest BCUT2D eigenvalue weighted by Crippen LogP contribution is 2.19. The van der Waals surface area contributed by atoms with E-state index in [4.69, 9.17) is 9.52 Å². The molecular weight excluding hydrogens is 328 g/mol. The van der Waals surface area contributed by atoms with Gasteiger partial charge in [0.05, 0.1) is 30.7 Å². The summed E-state index contributed by atoms with van der Waals surface area (Å²) in [5.41, 5.74) is 3.98. The van der Waals surface area contributed by atoms with E-state index in [1.54, 1.807) is 6.26 Å². The van der Waals surface area contributed by atoms with Gasteiger partial charge >= 0.3 is 0 Å². The van der Waals surface area contributed by atoms with Gasteiger partial charge in [-0.1, -0.05) is 18.2 Å². The second kappa shape index (κ2) is 7.07. The number of anilines is 1. The van der Waals surface area contributed by atoms with Crippen LogP contribution in [-0.4, -0.2) is 27.1 Å². The Morgan fingerprint density at radius 2 is 2.08 bits per heavy atom. The molecule has 0 fully saturated rings. The van der Waals surface area contributed by atoms with Crippen LogP contribution in [0.2, 0.25) is 0 Å². The van der Waals surface area contributed by atoms with Gasteiger partial charge < -0.3 is 14.6 Å². The maximum Gasteiger partial charge on any atom is 0.290 e. The van der Waals surface area contributed by atoms with Crippen LogP contribution >= 0.6 is 0 Å². The molecule has 0 atom stereocenters. The summed E-state index contributed by atoms with van der Waals surface area (Å²) < 4.78 is 7.40. The fraction of sp³-hybridized carbons (Fsp3) is 0.300. The first-order valence-electron chi connectivity index (χ1n) is 8.88. The summed E-state index contributed by atoms with van der Waals surface area (Å²) in [6.45, 7) is 4.64. The van der Waals surface area contributed by atoms with Crippen molar-refractivity contribution in [2.75, 3.05) is 11.9 Å². The van der Waals surface area contributed by atoms with Crippen LogP contribution in [0.4, 0.5) is 5.69 Å². The first kappa shape index (κ1) is 16.4. The van der Waals surface area contributed by atoms with E-state index in [1.807, 2.05) is 52.9 Å². The highest BCUT2D eigenvalue weighted by Gasteiger charge is 2.24. The van der Waals surface area contributed by atoms with E-state index < -0.39 is 0 Å². The Balaban J connectivity index is 1.47. The molecule has 134 valence electrons. The van der Waals surface area contributed by atoms with Crippen LogP contribution in [0.15, 0.2) is 53.1 Å². The van der Waals surface area contributed by atoms with Gasteiger partial charge in [-0.2, -0.15) is 5.10 Å². The van der Waals surface area contributed by atoms with E-state index in [0.29, 0.717) is 25.4 Å². The van der Waals surface area contributed by atoms with Crippen LogP contribution in [0, 0.1) is 6.92 Å². The van der Waals surface area contributed by atoms with Gasteiger partial charge in [0, 0.05) is 24.3 Å². The molecule has 0 radical (unpaired) electrons. The van der Waals surface area contributed by atoms with Crippen molar-refractivity contribution in [1.29, 1.82) is 0 Å². The minimum absolute atomic E-state index is 0.0499. The van der Waals surface area contributed by atoms with Gasteiger partial charge in [-0.3, -0.25) is 9.48 Å². The van der Waals surface area contributed by atoms with Crippen LogP contribution in [0.5, 0.6) is 0 Å². The summed E-state index contributed by atoms with van der Waals surface area (Å²) in [6.07, 6.45) is 2.45. The number of hydrogen-bond acceptors (Lipinski definition) is 4. The van der Waals surface area contributed by atoms with Crippen molar-refractivity contribution in [3.63, 3.8) is 0 Å². The average Bonchev–Trinajstić information content (AvgIpc) is 3.20. The highest BCUT2D eigenvalue weighted by atomic mass is 16.3. The van der Waals surface area contributed by atoms with Gasteiger partial charge in [0.15, 0.2) is 5.76 Å². The standard InChI is InChI=1S/C20H22N4O2/c1-15-8-11-26-19(15)20(25)23-9-5-10-24-18(14-23)12-17(22-24)13-21-16-6-3-2-4-7-16/h2-4,6-8,11-12,21H,5,9-10,13-14H2,1H3. The van der Waals surface area contributed by atoms with Crippen molar-refractivity contribution in [2.45, 2.75) is 33.0 Å². The lowest BCUT2D eigenvalue weighted by molar-refractivity contribution is 0.0712. The minimum atomic E-state index is -0.0499. The summed E-state index contributed by atoms with van der Waals surface area (Å²) >= 11 is 0. The highest BCUT2D eigenvalue weighted by molar-refractivity contribution is 5.92. The minimum Gasteiger partial charge on any atom is -0.459 e. The number of nitrogens with one attached hydrogen (secondary N) is 1. The predicted octanol–water partition coefficient (Wildman–Crippen LogP) is 3.44. The third-order valence-corrected chi connectivity index (χ3v) is 4.66. The van der Waals surface area contributed by atoms with E-state index in [-0.39, 0.29) is 5.91 Å². The molecule has 1 aliphatic rings. The number of fused-ring (bicyclic) bond motifs is 1. The summed E-state index contributed by atoms with van der Waals surface area (Å²) in [5, 5.41) is 8.07. The van der Waals surface area contributed by atoms with Gasteiger partial charge in [0.25, 0.3) is 5.91 Å². The molecule has 1 amide bonds. The number of aryl methyl sites for hydroxylation is 2. The predicted molar refractivity (Wildman–Crippen MR) is 98.8 cm³/mol. The Bertz CT molecular complexity index is 898. The Kier molecular flexibility index (Phi) is 4.48. The molecular formula is C20H22N4O2. The van der Waals surface area contributed by atoms with Crippen molar-refractivity contribution in [3.05, 3.63) is 71.4 Å². The zero-order chi connectivity index (χ0) is 17.9. The third-order valence-electron chi connectivity index (χ3n) is 4.66. The smallest absolute Gasteiger partial charge is 0.290 e. The number of carbonyl (C=O) groups is 1. The maximum absolute atomic E-state index is 12.8. The van der Waals surface area contributed by atoms with Gasteiger partial charge in [-0.05, 0) is 37.6 Å². The quantitative estimate of drug-likeness (QED) is 0.783. The lowest BCUT2D eigenvalue weighted by Crippen LogP contribution is -2.30. The Morgan fingerprint density at radius 1 is 1.23 bits per heavy atom.